The number of hydrogen-bond acceptors (Lipinski definition) is 4. The number of carbonyl (C=O) groups excluding carboxylic acids is 1. The number of methoxy groups -OCH3 is 1. The van der Waals surface area contributed by atoms with Crippen LogP contribution in [-0.4, -0.2) is 40.1 Å². The zero-order valence-corrected chi connectivity index (χ0v) is 17.6. The molecule has 0 saturated carbocycles. The van der Waals surface area contributed by atoms with Gasteiger partial charge < -0.3 is 14.5 Å². The number of esters is 1. The van der Waals surface area contributed by atoms with Crippen molar-refractivity contribution in [3.05, 3.63) is 60.7 Å². The fourth-order valence-electron chi connectivity index (χ4n) is 4.06. The van der Waals surface area contributed by atoms with Gasteiger partial charge in [0.25, 0.3) is 8.32 Å². The van der Waals surface area contributed by atoms with Crippen molar-refractivity contribution in [2.45, 2.75) is 44.4 Å². The van der Waals surface area contributed by atoms with E-state index in [4.69, 9.17) is 9.16 Å². The van der Waals surface area contributed by atoms with Gasteiger partial charge in [0.2, 0.25) is 0 Å². The largest absolute Gasteiger partial charge is 0.468 e. The van der Waals surface area contributed by atoms with Crippen molar-refractivity contribution in [2.24, 2.45) is 0 Å². The summed E-state index contributed by atoms with van der Waals surface area (Å²) in [6, 6.07) is 20.9. The van der Waals surface area contributed by atoms with Crippen LogP contribution in [0.5, 0.6) is 0 Å². The molecule has 1 saturated heterocycles. The summed E-state index contributed by atoms with van der Waals surface area (Å²) in [4.78, 5) is 11.9. The fraction of sp³-hybridized carbons (Fsp3) is 0.409. The molecule has 3 rings (SSSR count). The van der Waals surface area contributed by atoms with Gasteiger partial charge in [-0.1, -0.05) is 81.4 Å². The molecule has 0 spiro atoms. The van der Waals surface area contributed by atoms with E-state index in [1.165, 1.54) is 17.5 Å². The number of carbonyl (C=O) groups is 1. The maximum Gasteiger partial charge on any atom is 0.322 e. The van der Waals surface area contributed by atoms with Gasteiger partial charge in [-0.05, 0) is 21.8 Å². The second kappa shape index (κ2) is 7.96. The van der Waals surface area contributed by atoms with Crippen LogP contribution in [0.1, 0.15) is 27.2 Å². The molecule has 1 aliphatic rings. The lowest BCUT2D eigenvalue weighted by Crippen LogP contribution is -2.67. The minimum Gasteiger partial charge on any atom is -0.468 e. The maximum absolute atomic E-state index is 11.9. The summed E-state index contributed by atoms with van der Waals surface area (Å²) < 4.78 is 11.9. The van der Waals surface area contributed by atoms with Crippen molar-refractivity contribution in [3.8, 4) is 0 Å². The topological polar surface area (TPSA) is 47.6 Å². The minimum atomic E-state index is -2.58. The molecule has 0 radical (unpaired) electrons. The van der Waals surface area contributed by atoms with E-state index in [2.05, 4.69) is 74.6 Å². The van der Waals surface area contributed by atoms with Crippen LogP contribution in [0.15, 0.2) is 60.7 Å². The number of hydrogen-bond donors (Lipinski definition) is 1. The van der Waals surface area contributed by atoms with Crippen molar-refractivity contribution in [3.63, 3.8) is 0 Å². The van der Waals surface area contributed by atoms with Crippen LogP contribution in [0.2, 0.25) is 5.04 Å². The Kier molecular flexibility index (Phi) is 5.84. The van der Waals surface area contributed by atoms with Gasteiger partial charge in [0, 0.05) is 6.54 Å². The van der Waals surface area contributed by atoms with Crippen molar-refractivity contribution in [1.82, 2.24) is 5.32 Å². The van der Waals surface area contributed by atoms with E-state index in [1.54, 1.807) is 0 Å². The summed E-state index contributed by atoms with van der Waals surface area (Å²) in [7, 11) is -1.15. The lowest BCUT2D eigenvalue weighted by atomic mass is 10.2. The van der Waals surface area contributed by atoms with Gasteiger partial charge in [-0.3, -0.25) is 4.79 Å². The summed E-state index contributed by atoms with van der Waals surface area (Å²) in [6.07, 6.45) is 0.609. The van der Waals surface area contributed by atoms with Crippen LogP contribution in [-0.2, 0) is 14.0 Å². The van der Waals surface area contributed by atoms with E-state index in [1.807, 2.05) is 12.1 Å². The van der Waals surface area contributed by atoms with Crippen LogP contribution in [0, 0.1) is 0 Å². The van der Waals surface area contributed by atoms with Gasteiger partial charge in [0.15, 0.2) is 0 Å². The molecule has 144 valence electrons. The van der Waals surface area contributed by atoms with Crippen LogP contribution in [0.4, 0.5) is 0 Å². The van der Waals surface area contributed by atoms with Gasteiger partial charge in [-0.15, -0.1) is 0 Å². The lowest BCUT2D eigenvalue weighted by Gasteiger charge is -2.44. The van der Waals surface area contributed by atoms with Gasteiger partial charge in [0.1, 0.15) is 6.04 Å². The highest BCUT2D eigenvalue weighted by atomic mass is 28.4. The molecule has 5 heteroatoms. The quantitative estimate of drug-likeness (QED) is 0.636. The third-order valence-electron chi connectivity index (χ3n) is 5.34. The highest BCUT2D eigenvalue weighted by Crippen LogP contribution is 2.38. The average Bonchev–Trinajstić information content (AvgIpc) is 3.14. The smallest absolute Gasteiger partial charge is 0.322 e. The second-order valence-corrected chi connectivity index (χ2v) is 12.4. The van der Waals surface area contributed by atoms with Crippen molar-refractivity contribution in [2.75, 3.05) is 13.7 Å². The third-order valence-corrected chi connectivity index (χ3v) is 10.4. The highest BCUT2D eigenvalue weighted by Gasteiger charge is 2.52. The Labute approximate surface area is 163 Å². The Bertz CT molecular complexity index is 719. The lowest BCUT2D eigenvalue weighted by molar-refractivity contribution is -0.142. The summed E-state index contributed by atoms with van der Waals surface area (Å²) >= 11 is 0. The van der Waals surface area contributed by atoms with Gasteiger partial charge >= 0.3 is 5.97 Å². The first-order chi connectivity index (χ1) is 12.9. The molecular weight excluding hydrogens is 354 g/mol. The average molecular weight is 384 g/mol. The highest BCUT2D eigenvalue weighted by molar-refractivity contribution is 6.99. The van der Waals surface area contributed by atoms with Crippen molar-refractivity contribution >= 4 is 24.7 Å². The molecule has 4 nitrogen and oxygen atoms in total. The molecule has 2 atom stereocenters. The zero-order chi connectivity index (χ0) is 19.5. The molecule has 0 amide bonds. The Hall–Kier alpha value is -1.95. The number of benzene rings is 2. The molecule has 1 N–H and O–H groups in total. The monoisotopic (exact) mass is 383 g/mol. The third kappa shape index (κ3) is 3.86. The maximum atomic E-state index is 11.9. The first kappa shape index (κ1) is 19.8. The van der Waals surface area contributed by atoms with E-state index in [0.717, 1.165) is 0 Å². The molecule has 0 aromatic heterocycles. The number of rotatable bonds is 5. The Morgan fingerprint density at radius 3 is 1.96 bits per heavy atom. The molecular formula is C22H29NO3Si. The second-order valence-electron chi connectivity index (χ2n) is 8.12. The molecule has 2 aromatic rings. The summed E-state index contributed by atoms with van der Waals surface area (Å²) in [5.74, 6) is -0.219. The Morgan fingerprint density at radius 1 is 1.00 bits per heavy atom. The predicted molar refractivity (Wildman–Crippen MR) is 111 cm³/mol. The summed E-state index contributed by atoms with van der Waals surface area (Å²) in [5.41, 5.74) is 0. The van der Waals surface area contributed by atoms with Crippen LogP contribution < -0.4 is 15.7 Å². The van der Waals surface area contributed by atoms with E-state index >= 15 is 0 Å². The Morgan fingerprint density at radius 2 is 1.52 bits per heavy atom. The standard InChI is InChI=1S/C22H29NO3Si/c1-22(2,3)27(18-11-7-5-8-12-18,19-13-9-6-10-14-19)26-17-15-20(23-16-17)21(24)25-4/h5-14,17,20,23H,15-16H2,1-4H3/t17-,20+/m1/s1. The summed E-state index contributed by atoms with van der Waals surface area (Å²) in [5, 5.41) is 5.70. The number of ether oxygens (including phenoxy) is 1. The van der Waals surface area contributed by atoms with E-state index < -0.39 is 8.32 Å². The SMILES string of the molecule is COC(=O)[C@@H]1C[C@@H](O[Si](c2ccccc2)(c2ccccc2)C(C)(C)C)CN1. The Balaban J connectivity index is 2.04. The van der Waals surface area contributed by atoms with Gasteiger partial charge in [-0.25, -0.2) is 0 Å². The van der Waals surface area contributed by atoms with E-state index in [0.29, 0.717) is 13.0 Å². The van der Waals surface area contributed by atoms with Crippen molar-refractivity contribution in [1.29, 1.82) is 0 Å². The van der Waals surface area contributed by atoms with Crippen LogP contribution in [0.25, 0.3) is 0 Å². The normalized spacial score (nSPS) is 20.4. The van der Waals surface area contributed by atoms with Gasteiger partial charge in [-0.2, -0.15) is 0 Å². The number of nitrogens with one attached hydrogen (secondary N) is 1. The molecule has 1 aliphatic heterocycles. The first-order valence-corrected chi connectivity index (χ1v) is 11.4. The molecule has 27 heavy (non-hydrogen) atoms. The molecule has 0 aliphatic carbocycles. The predicted octanol–water partition coefficient (Wildman–Crippen LogP) is 2.47. The van der Waals surface area contributed by atoms with Gasteiger partial charge in [0.05, 0.1) is 13.2 Å². The van der Waals surface area contributed by atoms with Crippen molar-refractivity contribution < 1.29 is 14.0 Å². The summed E-state index contributed by atoms with van der Waals surface area (Å²) in [6.45, 7) is 7.45. The molecule has 1 fully saturated rings. The first-order valence-electron chi connectivity index (χ1n) is 9.48. The van der Waals surface area contributed by atoms with E-state index in [-0.39, 0.29) is 23.2 Å². The zero-order valence-electron chi connectivity index (χ0n) is 16.6. The van der Waals surface area contributed by atoms with Crippen LogP contribution >= 0.6 is 0 Å². The fourth-order valence-corrected chi connectivity index (χ4v) is 8.75. The van der Waals surface area contributed by atoms with E-state index in [9.17, 15) is 4.79 Å². The molecule has 2 aromatic carbocycles. The molecule has 0 unspecified atom stereocenters. The molecule has 0 bridgehead atoms. The minimum absolute atomic E-state index is 0.0274. The van der Waals surface area contributed by atoms with Crippen LogP contribution in [0.3, 0.4) is 0 Å². The molecule has 1 heterocycles.